The molecular weight excluding hydrogens is 238 g/mol. The van der Waals surface area contributed by atoms with Gasteiger partial charge in [-0.15, -0.1) is 0 Å². The molecule has 1 fully saturated rings. The van der Waals surface area contributed by atoms with Crippen molar-refractivity contribution < 1.29 is 24.9 Å². The van der Waals surface area contributed by atoms with Gasteiger partial charge in [-0.1, -0.05) is 13.8 Å². The summed E-state index contributed by atoms with van der Waals surface area (Å²) in [5.74, 6) is -1.44. The zero-order chi connectivity index (χ0) is 13.5. The molecule has 6 nitrogen and oxygen atoms in total. The number of hydrogen-bond acceptors (Lipinski definition) is 5. The van der Waals surface area contributed by atoms with Crippen molar-refractivity contribution in [2.24, 2.45) is 5.41 Å². The van der Waals surface area contributed by atoms with E-state index in [2.05, 4.69) is 5.32 Å². The van der Waals surface area contributed by atoms with Gasteiger partial charge in [0.15, 0.2) is 11.5 Å². The molecule has 4 N–H and O–H groups in total. The number of ether oxygens (including phenoxy) is 1. The van der Waals surface area contributed by atoms with Gasteiger partial charge in [0.2, 0.25) is 5.75 Å². The Kier molecular flexibility index (Phi) is 2.73. The molecule has 0 aliphatic carbocycles. The summed E-state index contributed by atoms with van der Waals surface area (Å²) in [4.78, 5) is 11.3. The van der Waals surface area contributed by atoms with Crippen LogP contribution in [0.15, 0.2) is 12.1 Å². The van der Waals surface area contributed by atoms with E-state index in [4.69, 9.17) is 4.74 Å². The number of benzene rings is 1. The van der Waals surface area contributed by atoms with Crippen LogP contribution in [0.3, 0.4) is 0 Å². The molecule has 0 aromatic heterocycles. The van der Waals surface area contributed by atoms with Crippen LogP contribution >= 0.6 is 0 Å². The summed E-state index contributed by atoms with van der Waals surface area (Å²) in [6, 6.07) is 2.22. The van der Waals surface area contributed by atoms with Crippen LogP contribution in [0.25, 0.3) is 0 Å². The van der Waals surface area contributed by atoms with E-state index in [-0.39, 0.29) is 6.61 Å². The average Bonchev–Trinajstić information content (AvgIpc) is 2.30. The lowest BCUT2D eigenvalue weighted by Gasteiger charge is -2.38. The van der Waals surface area contributed by atoms with E-state index in [1.165, 1.54) is 12.1 Å². The third kappa shape index (κ3) is 1.90. The highest BCUT2D eigenvalue weighted by atomic mass is 16.6. The highest BCUT2D eigenvalue weighted by molar-refractivity contribution is 5.70. The number of carbonyl (C=O) groups excluding carboxylic acids is 1. The van der Waals surface area contributed by atoms with Crippen LogP contribution in [0.4, 0.5) is 4.79 Å². The lowest BCUT2D eigenvalue weighted by molar-refractivity contribution is 0.0380. The minimum absolute atomic E-state index is 0.199. The molecular formula is C12H15NO5. The monoisotopic (exact) mass is 253 g/mol. The Hall–Kier alpha value is -2.11. The Balaban J connectivity index is 2.47. The Morgan fingerprint density at radius 1 is 1.28 bits per heavy atom. The lowest BCUT2D eigenvalue weighted by Crippen LogP contribution is -2.46. The van der Waals surface area contributed by atoms with Crippen molar-refractivity contribution in [1.29, 1.82) is 0 Å². The first-order valence-corrected chi connectivity index (χ1v) is 5.50. The van der Waals surface area contributed by atoms with Crippen molar-refractivity contribution in [3.8, 4) is 17.2 Å². The van der Waals surface area contributed by atoms with E-state index in [1.54, 1.807) is 0 Å². The summed E-state index contributed by atoms with van der Waals surface area (Å²) in [5, 5.41) is 31.2. The first-order valence-electron chi connectivity index (χ1n) is 5.50. The summed E-state index contributed by atoms with van der Waals surface area (Å²) in [7, 11) is 0. The Labute approximate surface area is 104 Å². The summed E-state index contributed by atoms with van der Waals surface area (Å²) in [6.07, 6.45) is -0.578. The molecule has 1 amide bonds. The van der Waals surface area contributed by atoms with E-state index in [9.17, 15) is 20.1 Å². The molecule has 98 valence electrons. The van der Waals surface area contributed by atoms with Crippen LogP contribution < -0.4 is 5.32 Å². The van der Waals surface area contributed by atoms with Gasteiger partial charge in [0.05, 0.1) is 6.04 Å². The van der Waals surface area contributed by atoms with Gasteiger partial charge in [0, 0.05) is 11.0 Å². The number of nitrogens with one attached hydrogen (secondary N) is 1. The summed E-state index contributed by atoms with van der Waals surface area (Å²) >= 11 is 0. The predicted octanol–water partition coefficient (Wildman–Crippen LogP) is 1.61. The Morgan fingerprint density at radius 2 is 1.94 bits per heavy atom. The Bertz CT molecular complexity index is 497. The molecule has 1 aliphatic rings. The van der Waals surface area contributed by atoms with Gasteiger partial charge in [0.1, 0.15) is 6.61 Å². The van der Waals surface area contributed by atoms with Crippen LogP contribution in [0.1, 0.15) is 25.5 Å². The number of cyclic esters (lactones) is 1. The molecule has 0 spiro atoms. The minimum Gasteiger partial charge on any atom is -0.504 e. The van der Waals surface area contributed by atoms with Gasteiger partial charge in [-0.05, 0) is 12.1 Å². The molecule has 6 heteroatoms. The van der Waals surface area contributed by atoms with E-state index in [1.807, 2.05) is 13.8 Å². The highest BCUT2D eigenvalue weighted by Gasteiger charge is 2.39. The van der Waals surface area contributed by atoms with Gasteiger partial charge in [-0.25, -0.2) is 4.79 Å². The van der Waals surface area contributed by atoms with Crippen molar-refractivity contribution in [2.75, 3.05) is 6.61 Å². The van der Waals surface area contributed by atoms with Crippen molar-refractivity contribution in [3.63, 3.8) is 0 Å². The second-order valence-corrected chi connectivity index (χ2v) is 5.01. The largest absolute Gasteiger partial charge is 0.504 e. The number of phenols is 3. The first kappa shape index (κ1) is 12.3. The second-order valence-electron chi connectivity index (χ2n) is 5.01. The van der Waals surface area contributed by atoms with E-state index >= 15 is 0 Å². The van der Waals surface area contributed by atoms with Crippen LogP contribution in [0, 0.1) is 5.41 Å². The molecule has 1 saturated heterocycles. The van der Waals surface area contributed by atoms with Crippen LogP contribution in [0.2, 0.25) is 0 Å². The predicted molar refractivity (Wildman–Crippen MR) is 62.4 cm³/mol. The molecule has 2 rings (SSSR count). The average molecular weight is 253 g/mol. The maximum absolute atomic E-state index is 11.3. The summed E-state index contributed by atoms with van der Waals surface area (Å²) < 4.78 is 4.90. The topological polar surface area (TPSA) is 99.0 Å². The van der Waals surface area contributed by atoms with Gasteiger partial charge >= 0.3 is 6.09 Å². The van der Waals surface area contributed by atoms with Crippen molar-refractivity contribution in [3.05, 3.63) is 17.7 Å². The van der Waals surface area contributed by atoms with Crippen molar-refractivity contribution in [2.45, 2.75) is 19.9 Å². The standard InChI is InChI=1S/C12H15NO5/c1-12(2)5-18-11(17)13-10(12)6-3-4-7(14)9(16)8(6)15/h3-4,10,14-16H,5H2,1-2H3,(H,13,17)/t10-/m1/s1. The number of aromatic hydroxyl groups is 3. The maximum atomic E-state index is 11.3. The highest BCUT2D eigenvalue weighted by Crippen LogP contribution is 2.45. The zero-order valence-electron chi connectivity index (χ0n) is 10.1. The van der Waals surface area contributed by atoms with E-state index in [0.717, 1.165) is 0 Å². The zero-order valence-corrected chi connectivity index (χ0v) is 10.1. The third-order valence-corrected chi connectivity index (χ3v) is 3.09. The van der Waals surface area contributed by atoms with Crippen LogP contribution in [-0.4, -0.2) is 28.0 Å². The fraction of sp³-hybridized carbons (Fsp3) is 0.417. The lowest BCUT2D eigenvalue weighted by atomic mass is 9.80. The molecule has 1 aliphatic heterocycles. The molecule has 0 saturated carbocycles. The first-order chi connectivity index (χ1) is 8.33. The number of rotatable bonds is 1. The summed E-state index contributed by atoms with van der Waals surface area (Å²) in [6.45, 7) is 3.92. The quantitative estimate of drug-likeness (QED) is 0.570. The normalized spacial score (nSPS) is 22.1. The second kappa shape index (κ2) is 3.97. The molecule has 18 heavy (non-hydrogen) atoms. The van der Waals surface area contributed by atoms with E-state index in [0.29, 0.717) is 5.56 Å². The van der Waals surface area contributed by atoms with Crippen LogP contribution in [0.5, 0.6) is 17.2 Å². The van der Waals surface area contributed by atoms with Gasteiger partial charge in [-0.2, -0.15) is 0 Å². The number of alkyl carbamates (subject to hydrolysis) is 1. The molecule has 1 atom stereocenters. The van der Waals surface area contributed by atoms with Gasteiger partial charge in [0.25, 0.3) is 0 Å². The van der Waals surface area contributed by atoms with Gasteiger partial charge < -0.3 is 25.4 Å². The molecule has 1 heterocycles. The molecule has 0 bridgehead atoms. The number of hydrogen-bond donors (Lipinski definition) is 4. The van der Waals surface area contributed by atoms with Crippen LogP contribution in [-0.2, 0) is 4.74 Å². The van der Waals surface area contributed by atoms with Crippen molar-refractivity contribution in [1.82, 2.24) is 5.32 Å². The van der Waals surface area contributed by atoms with Gasteiger partial charge in [-0.3, -0.25) is 0 Å². The SMILES string of the molecule is CC1(C)COC(=O)N[C@@H]1c1ccc(O)c(O)c1O. The number of amides is 1. The Morgan fingerprint density at radius 3 is 2.61 bits per heavy atom. The fourth-order valence-electron chi connectivity index (χ4n) is 2.01. The smallest absolute Gasteiger partial charge is 0.407 e. The molecule has 0 unspecified atom stereocenters. The number of carbonyl (C=O) groups is 1. The molecule has 1 aromatic rings. The number of phenolic OH excluding ortho intramolecular Hbond substituents is 3. The molecule has 1 aromatic carbocycles. The fourth-order valence-corrected chi connectivity index (χ4v) is 2.01. The third-order valence-electron chi connectivity index (χ3n) is 3.09. The van der Waals surface area contributed by atoms with Crippen molar-refractivity contribution >= 4 is 6.09 Å². The molecule has 0 radical (unpaired) electrons. The minimum atomic E-state index is -0.593. The van der Waals surface area contributed by atoms with E-state index < -0.39 is 34.8 Å². The maximum Gasteiger partial charge on any atom is 0.407 e. The summed E-state index contributed by atoms with van der Waals surface area (Å²) in [5.41, 5.74) is -0.110.